The molecular formula is C12H18N2OS. The molecule has 4 heteroatoms. The van der Waals surface area contributed by atoms with E-state index >= 15 is 0 Å². The molecule has 3 nitrogen and oxygen atoms in total. The second-order valence-electron chi connectivity index (χ2n) is 4.00. The zero-order chi connectivity index (χ0) is 12.0. The number of thiocarbonyl (C=S) groups is 1. The molecule has 0 spiro atoms. The Morgan fingerprint density at radius 2 is 1.94 bits per heavy atom. The number of anilines is 1. The highest BCUT2D eigenvalue weighted by Crippen LogP contribution is 2.06. The van der Waals surface area contributed by atoms with Crippen LogP contribution in [0, 0.1) is 5.92 Å². The van der Waals surface area contributed by atoms with E-state index in [-0.39, 0.29) is 12.6 Å². The molecule has 16 heavy (non-hydrogen) atoms. The van der Waals surface area contributed by atoms with Gasteiger partial charge in [0.25, 0.3) is 0 Å². The highest BCUT2D eigenvalue weighted by Gasteiger charge is 2.12. The fraction of sp³-hybridized carbons (Fsp3) is 0.417. The SMILES string of the molecule is CC(C)C(CO)NC(=S)Nc1ccccc1. The van der Waals surface area contributed by atoms with E-state index in [4.69, 9.17) is 17.3 Å². The van der Waals surface area contributed by atoms with Crippen molar-refractivity contribution in [1.29, 1.82) is 0 Å². The van der Waals surface area contributed by atoms with Crippen LogP contribution in [0.15, 0.2) is 30.3 Å². The van der Waals surface area contributed by atoms with Crippen molar-refractivity contribution in [1.82, 2.24) is 5.32 Å². The minimum absolute atomic E-state index is 0.0105. The number of aliphatic hydroxyl groups excluding tert-OH is 1. The number of hydrogen-bond acceptors (Lipinski definition) is 2. The van der Waals surface area contributed by atoms with Gasteiger partial charge in [-0.25, -0.2) is 0 Å². The molecule has 0 aromatic heterocycles. The standard InChI is InChI=1S/C12H18N2OS/c1-9(2)11(8-15)14-12(16)13-10-6-4-3-5-7-10/h3-7,9,11,15H,8H2,1-2H3,(H2,13,14,16). The van der Waals surface area contributed by atoms with Crippen LogP contribution in [-0.4, -0.2) is 22.9 Å². The smallest absolute Gasteiger partial charge is 0.171 e. The van der Waals surface area contributed by atoms with Crippen LogP contribution >= 0.6 is 12.2 Å². The Kier molecular flexibility index (Phi) is 5.22. The molecule has 0 bridgehead atoms. The van der Waals surface area contributed by atoms with Crippen molar-refractivity contribution >= 4 is 23.0 Å². The number of benzene rings is 1. The first-order chi connectivity index (χ1) is 7.63. The quantitative estimate of drug-likeness (QED) is 0.702. The lowest BCUT2D eigenvalue weighted by Crippen LogP contribution is -2.43. The van der Waals surface area contributed by atoms with Crippen LogP contribution in [0.4, 0.5) is 5.69 Å². The minimum atomic E-state index is -0.0105. The molecule has 0 aliphatic heterocycles. The van der Waals surface area contributed by atoms with E-state index in [1.54, 1.807) is 0 Å². The molecule has 1 aromatic rings. The Hall–Kier alpha value is -1.13. The van der Waals surface area contributed by atoms with Gasteiger partial charge in [0.05, 0.1) is 12.6 Å². The zero-order valence-electron chi connectivity index (χ0n) is 9.60. The number of aliphatic hydroxyl groups is 1. The predicted octanol–water partition coefficient (Wildman–Crippen LogP) is 1.99. The summed E-state index contributed by atoms with van der Waals surface area (Å²) < 4.78 is 0. The summed E-state index contributed by atoms with van der Waals surface area (Å²) in [4.78, 5) is 0. The molecule has 0 radical (unpaired) electrons. The van der Waals surface area contributed by atoms with Gasteiger partial charge in [-0.15, -0.1) is 0 Å². The average molecular weight is 238 g/mol. The van der Waals surface area contributed by atoms with Crippen LogP contribution < -0.4 is 10.6 Å². The monoisotopic (exact) mass is 238 g/mol. The Morgan fingerprint density at radius 3 is 2.44 bits per heavy atom. The van der Waals surface area contributed by atoms with Crippen molar-refractivity contribution in [3.8, 4) is 0 Å². The summed E-state index contributed by atoms with van der Waals surface area (Å²) in [5.74, 6) is 0.334. The third kappa shape index (κ3) is 4.16. The number of para-hydroxylation sites is 1. The molecule has 1 rings (SSSR count). The molecular weight excluding hydrogens is 220 g/mol. The number of hydrogen-bond donors (Lipinski definition) is 3. The molecule has 1 atom stereocenters. The Labute approximate surface area is 102 Å². The third-order valence-corrected chi connectivity index (χ3v) is 2.57. The van der Waals surface area contributed by atoms with Crippen molar-refractivity contribution < 1.29 is 5.11 Å². The van der Waals surface area contributed by atoms with Gasteiger partial charge in [-0.1, -0.05) is 32.0 Å². The van der Waals surface area contributed by atoms with E-state index < -0.39 is 0 Å². The molecule has 0 fully saturated rings. The predicted molar refractivity (Wildman–Crippen MR) is 71.5 cm³/mol. The summed E-state index contributed by atoms with van der Waals surface area (Å²) in [5.41, 5.74) is 0.945. The summed E-state index contributed by atoms with van der Waals surface area (Å²) in [6, 6.07) is 9.71. The van der Waals surface area contributed by atoms with Crippen LogP contribution in [0.5, 0.6) is 0 Å². The van der Waals surface area contributed by atoms with Gasteiger partial charge in [0.2, 0.25) is 0 Å². The first-order valence-corrected chi connectivity index (χ1v) is 5.77. The van der Waals surface area contributed by atoms with Crippen LogP contribution in [-0.2, 0) is 0 Å². The van der Waals surface area contributed by atoms with E-state index in [1.165, 1.54) is 0 Å². The van der Waals surface area contributed by atoms with E-state index in [1.807, 2.05) is 44.2 Å². The molecule has 88 valence electrons. The largest absolute Gasteiger partial charge is 0.394 e. The van der Waals surface area contributed by atoms with E-state index in [9.17, 15) is 0 Å². The molecule has 1 unspecified atom stereocenters. The lowest BCUT2D eigenvalue weighted by atomic mass is 10.1. The van der Waals surface area contributed by atoms with Crippen LogP contribution in [0.1, 0.15) is 13.8 Å². The number of nitrogens with one attached hydrogen (secondary N) is 2. The van der Waals surface area contributed by atoms with Gasteiger partial charge in [-0.2, -0.15) is 0 Å². The van der Waals surface area contributed by atoms with Crippen molar-refractivity contribution in [2.75, 3.05) is 11.9 Å². The topological polar surface area (TPSA) is 44.3 Å². The third-order valence-electron chi connectivity index (χ3n) is 2.35. The highest BCUT2D eigenvalue weighted by atomic mass is 32.1. The first kappa shape index (κ1) is 12.9. The van der Waals surface area contributed by atoms with Crippen LogP contribution in [0.2, 0.25) is 0 Å². The van der Waals surface area contributed by atoms with Crippen molar-refractivity contribution in [3.63, 3.8) is 0 Å². The van der Waals surface area contributed by atoms with Crippen LogP contribution in [0.3, 0.4) is 0 Å². The zero-order valence-corrected chi connectivity index (χ0v) is 10.4. The van der Waals surface area contributed by atoms with Crippen molar-refractivity contribution in [3.05, 3.63) is 30.3 Å². The summed E-state index contributed by atoms with van der Waals surface area (Å²) in [6.07, 6.45) is 0. The van der Waals surface area contributed by atoms with Gasteiger partial charge in [-0.3, -0.25) is 0 Å². The number of rotatable bonds is 4. The second-order valence-corrected chi connectivity index (χ2v) is 4.41. The second kappa shape index (κ2) is 6.45. The molecule has 0 amide bonds. The van der Waals surface area contributed by atoms with E-state index in [2.05, 4.69) is 10.6 Å². The fourth-order valence-electron chi connectivity index (χ4n) is 1.28. The molecule has 0 aliphatic rings. The fourth-order valence-corrected chi connectivity index (χ4v) is 1.55. The van der Waals surface area contributed by atoms with E-state index in [0.29, 0.717) is 11.0 Å². The van der Waals surface area contributed by atoms with Gasteiger partial charge in [0.15, 0.2) is 5.11 Å². The normalized spacial score (nSPS) is 12.2. The van der Waals surface area contributed by atoms with Gasteiger partial charge in [0.1, 0.15) is 0 Å². The van der Waals surface area contributed by atoms with Crippen molar-refractivity contribution in [2.45, 2.75) is 19.9 Å². The highest BCUT2D eigenvalue weighted by molar-refractivity contribution is 7.80. The van der Waals surface area contributed by atoms with Crippen molar-refractivity contribution in [2.24, 2.45) is 5.92 Å². The molecule has 3 N–H and O–H groups in total. The Bertz CT molecular complexity index is 327. The molecule has 0 heterocycles. The lowest BCUT2D eigenvalue weighted by molar-refractivity contribution is 0.226. The molecule has 0 saturated carbocycles. The van der Waals surface area contributed by atoms with Gasteiger partial charge in [0, 0.05) is 5.69 Å². The Balaban J connectivity index is 2.47. The molecule has 0 saturated heterocycles. The molecule has 0 aliphatic carbocycles. The average Bonchev–Trinajstić information content (AvgIpc) is 2.27. The van der Waals surface area contributed by atoms with E-state index in [0.717, 1.165) is 5.69 Å². The van der Waals surface area contributed by atoms with Crippen LogP contribution in [0.25, 0.3) is 0 Å². The first-order valence-electron chi connectivity index (χ1n) is 5.37. The Morgan fingerprint density at radius 1 is 1.31 bits per heavy atom. The minimum Gasteiger partial charge on any atom is -0.394 e. The maximum absolute atomic E-state index is 9.16. The van der Waals surface area contributed by atoms with Gasteiger partial charge >= 0.3 is 0 Å². The lowest BCUT2D eigenvalue weighted by Gasteiger charge is -2.22. The maximum atomic E-state index is 9.16. The summed E-state index contributed by atoms with van der Waals surface area (Å²) >= 11 is 5.16. The summed E-state index contributed by atoms with van der Waals surface area (Å²) in [7, 11) is 0. The van der Waals surface area contributed by atoms with Gasteiger partial charge in [-0.05, 0) is 30.3 Å². The molecule has 1 aromatic carbocycles. The maximum Gasteiger partial charge on any atom is 0.171 e. The van der Waals surface area contributed by atoms with Gasteiger partial charge < -0.3 is 15.7 Å². The summed E-state index contributed by atoms with van der Waals surface area (Å²) in [6.45, 7) is 4.16. The summed E-state index contributed by atoms with van der Waals surface area (Å²) in [5, 5.41) is 15.9.